The molecule has 7 heteroatoms. The molecule has 0 aromatic heterocycles. The molecule has 1 unspecified atom stereocenters. The number of hydrogen-bond donors (Lipinski definition) is 1. The maximum Gasteiger partial charge on any atom is 0.337 e. The van der Waals surface area contributed by atoms with Crippen molar-refractivity contribution in [1.82, 2.24) is 15.1 Å². The lowest BCUT2D eigenvalue weighted by Gasteiger charge is -2.36. The Kier molecular flexibility index (Phi) is 7.40. The van der Waals surface area contributed by atoms with Gasteiger partial charge in [-0.3, -0.25) is 14.5 Å². The molecule has 2 fully saturated rings. The van der Waals surface area contributed by atoms with Gasteiger partial charge in [-0.1, -0.05) is 30.3 Å². The number of piperidine rings is 1. The van der Waals surface area contributed by atoms with Gasteiger partial charge in [-0.25, -0.2) is 4.79 Å². The molecule has 1 atom stereocenters. The van der Waals surface area contributed by atoms with E-state index >= 15 is 0 Å². The standard InChI is InChI=1S/C26H31N3O4/c1-33-26(32)22-9-7-21(8-10-22)25(31)27-17-24(30)29-16-13-23(18-29)28-14-11-20(12-15-28)19-5-3-2-4-6-19/h2-10,20,23H,11-18H2,1H3,(H,27,31). The van der Waals surface area contributed by atoms with E-state index < -0.39 is 5.97 Å². The molecule has 4 rings (SSSR count). The number of nitrogens with zero attached hydrogens (tertiary/aromatic N) is 2. The molecule has 2 aliphatic heterocycles. The average molecular weight is 450 g/mol. The highest BCUT2D eigenvalue weighted by Gasteiger charge is 2.32. The highest BCUT2D eigenvalue weighted by atomic mass is 16.5. The minimum absolute atomic E-state index is 0.0274. The summed E-state index contributed by atoms with van der Waals surface area (Å²) in [6.07, 6.45) is 3.28. The van der Waals surface area contributed by atoms with Crippen molar-refractivity contribution in [3.63, 3.8) is 0 Å². The Balaban J connectivity index is 1.21. The SMILES string of the molecule is COC(=O)c1ccc(C(=O)NCC(=O)N2CCC(N3CCC(c4ccccc4)CC3)C2)cc1. The lowest BCUT2D eigenvalue weighted by Crippen LogP contribution is -2.44. The summed E-state index contributed by atoms with van der Waals surface area (Å²) in [7, 11) is 1.31. The Labute approximate surface area is 194 Å². The van der Waals surface area contributed by atoms with Gasteiger partial charge in [0.05, 0.1) is 19.2 Å². The van der Waals surface area contributed by atoms with Crippen LogP contribution in [0.1, 0.15) is 51.5 Å². The molecule has 0 aliphatic carbocycles. The number of likely N-dealkylation sites (tertiary alicyclic amines) is 2. The molecule has 7 nitrogen and oxygen atoms in total. The Hall–Kier alpha value is -3.19. The first-order valence-corrected chi connectivity index (χ1v) is 11.6. The summed E-state index contributed by atoms with van der Waals surface area (Å²) < 4.78 is 4.66. The molecule has 0 radical (unpaired) electrons. The van der Waals surface area contributed by atoms with E-state index in [-0.39, 0.29) is 18.4 Å². The van der Waals surface area contributed by atoms with Crippen LogP contribution in [0.4, 0.5) is 0 Å². The fourth-order valence-corrected chi connectivity index (χ4v) is 4.83. The molecule has 2 aromatic rings. The van der Waals surface area contributed by atoms with Crippen molar-refractivity contribution >= 4 is 17.8 Å². The molecule has 1 N–H and O–H groups in total. The minimum Gasteiger partial charge on any atom is -0.465 e. The van der Waals surface area contributed by atoms with E-state index in [9.17, 15) is 14.4 Å². The summed E-state index contributed by atoms with van der Waals surface area (Å²) in [6, 6.07) is 17.3. The fourth-order valence-electron chi connectivity index (χ4n) is 4.83. The predicted octanol–water partition coefficient (Wildman–Crippen LogP) is 2.68. The van der Waals surface area contributed by atoms with Gasteiger partial charge in [0, 0.05) is 24.7 Å². The number of hydrogen-bond acceptors (Lipinski definition) is 5. The van der Waals surface area contributed by atoms with E-state index in [0.29, 0.717) is 23.1 Å². The topological polar surface area (TPSA) is 78.9 Å². The van der Waals surface area contributed by atoms with Gasteiger partial charge in [0.1, 0.15) is 0 Å². The summed E-state index contributed by atoms with van der Waals surface area (Å²) >= 11 is 0. The van der Waals surface area contributed by atoms with Crippen LogP contribution < -0.4 is 5.32 Å². The number of carbonyl (C=O) groups excluding carboxylic acids is 3. The third-order valence-corrected chi connectivity index (χ3v) is 6.80. The normalized spacial score (nSPS) is 19.3. The summed E-state index contributed by atoms with van der Waals surface area (Å²) in [5.41, 5.74) is 2.20. The van der Waals surface area contributed by atoms with Gasteiger partial charge < -0.3 is 15.0 Å². The van der Waals surface area contributed by atoms with Crippen LogP contribution in [0, 0.1) is 0 Å². The van der Waals surface area contributed by atoms with Crippen molar-refractivity contribution in [2.75, 3.05) is 39.8 Å². The molecule has 0 saturated carbocycles. The van der Waals surface area contributed by atoms with E-state index in [2.05, 4.69) is 45.3 Å². The number of carbonyl (C=O) groups is 3. The van der Waals surface area contributed by atoms with Gasteiger partial charge in [-0.15, -0.1) is 0 Å². The van der Waals surface area contributed by atoms with E-state index in [0.717, 1.165) is 45.4 Å². The summed E-state index contributed by atoms with van der Waals surface area (Å²) in [5, 5.41) is 2.70. The van der Waals surface area contributed by atoms with Crippen LogP contribution in [0.5, 0.6) is 0 Å². The molecule has 2 aliphatic rings. The van der Waals surface area contributed by atoms with Gasteiger partial charge in [0.2, 0.25) is 5.91 Å². The number of ether oxygens (including phenoxy) is 1. The highest BCUT2D eigenvalue weighted by Crippen LogP contribution is 2.30. The zero-order valence-corrected chi connectivity index (χ0v) is 19.0. The number of esters is 1. The molecule has 2 heterocycles. The second kappa shape index (κ2) is 10.6. The molecule has 0 bridgehead atoms. The quantitative estimate of drug-likeness (QED) is 0.686. The van der Waals surface area contributed by atoms with Gasteiger partial charge in [0.15, 0.2) is 0 Å². The number of nitrogens with one attached hydrogen (secondary N) is 1. The molecule has 2 saturated heterocycles. The predicted molar refractivity (Wildman–Crippen MR) is 125 cm³/mol. The number of benzene rings is 2. The van der Waals surface area contributed by atoms with E-state index in [1.807, 2.05) is 4.90 Å². The third kappa shape index (κ3) is 5.60. The maximum atomic E-state index is 12.7. The van der Waals surface area contributed by atoms with Gasteiger partial charge >= 0.3 is 5.97 Å². The Morgan fingerprint density at radius 1 is 0.909 bits per heavy atom. The van der Waals surface area contributed by atoms with Crippen molar-refractivity contribution in [2.45, 2.75) is 31.2 Å². The molecular formula is C26H31N3O4. The largest absolute Gasteiger partial charge is 0.465 e. The lowest BCUT2D eigenvalue weighted by molar-refractivity contribution is -0.129. The fraction of sp³-hybridized carbons (Fsp3) is 0.423. The summed E-state index contributed by atoms with van der Waals surface area (Å²) in [6.45, 7) is 3.54. The first kappa shape index (κ1) is 23.0. The van der Waals surface area contributed by atoms with Crippen molar-refractivity contribution in [2.24, 2.45) is 0 Å². The van der Waals surface area contributed by atoms with Crippen molar-refractivity contribution in [3.05, 3.63) is 71.3 Å². The monoisotopic (exact) mass is 449 g/mol. The van der Waals surface area contributed by atoms with Crippen LogP contribution in [-0.4, -0.2) is 73.5 Å². The maximum absolute atomic E-state index is 12.7. The van der Waals surface area contributed by atoms with Gasteiger partial charge in [-0.2, -0.15) is 0 Å². The smallest absolute Gasteiger partial charge is 0.337 e. The Bertz CT molecular complexity index is 969. The average Bonchev–Trinajstić information content (AvgIpc) is 3.38. The first-order chi connectivity index (χ1) is 16.0. The summed E-state index contributed by atoms with van der Waals surface area (Å²) in [5.74, 6) is -0.224. The van der Waals surface area contributed by atoms with Gasteiger partial charge in [-0.05, 0) is 68.1 Å². The second-order valence-corrected chi connectivity index (χ2v) is 8.75. The van der Waals surface area contributed by atoms with E-state index in [1.54, 1.807) is 12.1 Å². The number of rotatable bonds is 6. The van der Waals surface area contributed by atoms with Gasteiger partial charge in [0.25, 0.3) is 5.91 Å². The Morgan fingerprint density at radius 3 is 2.24 bits per heavy atom. The van der Waals surface area contributed by atoms with Crippen LogP contribution in [0.2, 0.25) is 0 Å². The van der Waals surface area contributed by atoms with Crippen molar-refractivity contribution in [1.29, 1.82) is 0 Å². The van der Waals surface area contributed by atoms with Crippen molar-refractivity contribution < 1.29 is 19.1 Å². The summed E-state index contributed by atoms with van der Waals surface area (Å²) in [4.78, 5) is 40.9. The molecule has 2 aromatic carbocycles. The van der Waals surface area contributed by atoms with Crippen LogP contribution in [0.25, 0.3) is 0 Å². The molecular weight excluding hydrogens is 418 g/mol. The molecule has 33 heavy (non-hydrogen) atoms. The minimum atomic E-state index is -0.454. The molecule has 2 amide bonds. The van der Waals surface area contributed by atoms with Crippen LogP contribution >= 0.6 is 0 Å². The first-order valence-electron chi connectivity index (χ1n) is 11.6. The van der Waals surface area contributed by atoms with E-state index in [1.165, 1.54) is 24.8 Å². The van der Waals surface area contributed by atoms with E-state index in [4.69, 9.17) is 0 Å². The molecule has 174 valence electrons. The third-order valence-electron chi connectivity index (χ3n) is 6.80. The lowest BCUT2D eigenvalue weighted by atomic mass is 9.89. The highest BCUT2D eigenvalue weighted by molar-refractivity contribution is 5.97. The molecule has 0 spiro atoms. The zero-order valence-electron chi connectivity index (χ0n) is 19.0. The van der Waals surface area contributed by atoms with Crippen LogP contribution in [-0.2, 0) is 9.53 Å². The number of amides is 2. The van der Waals surface area contributed by atoms with Crippen LogP contribution in [0.3, 0.4) is 0 Å². The number of methoxy groups -OCH3 is 1. The Morgan fingerprint density at radius 2 is 1.58 bits per heavy atom. The zero-order chi connectivity index (χ0) is 23.2. The van der Waals surface area contributed by atoms with Crippen molar-refractivity contribution in [3.8, 4) is 0 Å². The second-order valence-electron chi connectivity index (χ2n) is 8.75. The van der Waals surface area contributed by atoms with Crippen LogP contribution in [0.15, 0.2) is 54.6 Å².